The normalized spacial score (nSPS) is 15.1. The van der Waals surface area contributed by atoms with Gasteiger partial charge in [0.2, 0.25) is 0 Å². The number of hydrogen-bond donors (Lipinski definition) is 1. The third kappa shape index (κ3) is 5.03. The van der Waals surface area contributed by atoms with Crippen molar-refractivity contribution < 1.29 is 13.9 Å². The van der Waals surface area contributed by atoms with Crippen molar-refractivity contribution in [1.29, 1.82) is 0 Å². The van der Waals surface area contributed by atoms with Gasteiger partial charge < -0.3 is 15.0 Å². The maximum atomic E-state index is 13.3. The predicted octanol–water partition coefficient (Wildman–Crippen LogP) is 2.28. The van der Waals surface area contributed by atoms with Gasteiger partial charge in [0.1, 0.15) is 5.82 Å². The van der Waals surface area contributed by atoms with E-state index in [1.807, 2.05) is 0 Å². The number of amides is 1. The summed E-state index contributed by atoms with van der Waals surface area (Å²) in [6.07, 6.45) is 3.61. The van der Waals surface area contributed by atoms with Crippen LogP contribution < -0.4 is 5.32 Å². The zero-order valence-corrected chi connectivity index (χ0v) is 16.0. The van der Waals surface area contributed by atoms with Crippen molar-refractivity contribution in [3.8, 4) is 0 Å². The van der Waals surface area contributed by atoms with Gasteiger partial charge in [0.15, 0.2) is 5.69 Å². The minimum atomic E-state index is -0.413. The fourth-order valence-corrected chi connectivity index (χ4v) is 3.32. The van der Waals surface area contributed by atoms with Crippen molar-refractivity contribution in [3.63, 3.8) is 0 Å². The molecule has 3 rings (SSSR count). The van der Waals surface area contributed by atoms with E-state index >= 15 is 0 Å². The summed E-state index contributed by atoms with van der Waals surface area (Å²) in [5, 5.41) is 11.8. The minimum Gasteiger partial charge on any atom is -0.383 e. The molecule has 1 aromatic carbocycles. The molecular formula is C18H23ClFN5O2. The Bertz CT molecular complexity index is 779. The Labute approximate surface area is 162 Å². The molecule has 0 saturated carbocycles. The second-order valence-electron chi connectivity index (χ2n) is 6.52. The standard InChI is InChI=1S/C18H23ClFN5O2/c1-27-9-8-24(11-13-2-3-14(20)10-16(13)19)18(26)17-12-25(23-22-17)15-4-6-21-7-5-15/h2-3,10,12,15,21H,4-9,11H2,1H3. The number of halogens is 2. The molecule has 0 aliphatic carbocycles. The monoisotopic (exact) mass is 395 g/mol. The molecule has 1 aliphatic rings. The van der Waals surface area contributed by atoms with E-state index in [0.29, 0.717) is 18.7 Å². The summed E-state index contributed by atoms with van der Waals surface area (Å²) in [5.74, 6) is -0.670. The molecule has 146 valence electrons. The quantitative estimate of drug-likeness (QED) is 0.778. The predicted molar refractivity (Wildman–Crippen MR) is 99.2 cm³/mol. The molecule has 1 fully saturated rings. The molecule has 0 radical (unpaired) electrons. The van der Waals surface area contributed by atoms with E-state index in [1.165, 1.54) is 12.1 Å². The van der Waals surface area contributed by atoms with Crippen LogP contribution in [0, 0.1) is 5.82 Å². The third-order valence-electron chi connectivity index (χ3n) is 4.64. The van der Waals surface area contributed by atoms with Crippen LogP contribution in [0.5, 0.6) is 0 Å². The molecule has 2 heterocycles. The molecule has 1 saturated heterocycles. The van der Waals surface area contributed by atoms with Crippen molar-refractivity contribution >= 4 is 17.5 Å². The molecule has 1 amide bonds. The summed E-state index contributed by atoms with van der Waals surface area (Å²) < 4.78 is 20.2. The van der Waals surface area contributed by atoms with Crippen LogP contribution in [0.2, 0.25) is 5.02 Å². The average molecular weight is 396 g/mol. The molecule has 1 N–H and O–H groups in total. The number of nitrogens with one attached hydrogen (secondary N) is 1. The van der Waals surface area contributed by atoms with Crippen molar-refractivity contribution in [2.24, 2.45) is 0 Å². The highest BCUT2D eigenvalue weighted by Gasteiger charge is 2.23. The highest BCUT2D eigenvalue weighted by Crippen LogP contribution is 2.21. The number of aromatic nitrogens is 3. The topological polar surface area (TPSA) is 72.3 Å². The molecule has 1 aliphatic heterocycles. The maximum Gasteiger partial charge on any atom is 0.276 e. The first-order valence-electron chi connectivity index (χ1n) is 8.93. The van der Waals surface area contributed by atoms with Gasteiger partial charge in [0.25, 0.3) is 5.91 Å². The van der Waals surface area contributed by atoms with E-state index in [-0.39, 0.29) is 29.2 Å². The number of carbonyl (C=O) groups excluding carboxylic acids is 1. The van der Waals surface area contributed by atoms with E-state index in [2.05, 4.69) is 15.6 Å². The van der Waals surface area contributed by atoms with E-state index in [9.17, 15) is 9.18 Å². The van der Waals surface area contributed by atoms with E-state index in [4.69, 9.17) is 16.3 Å². The molecular weight excluding hydrogens is 373 g/mol. The van der Waals surface area contributed by atoms with Crippen molar-refractivity contribution in [3.05, 3.63) is 46.5 Å². The number of methoxy groups -OCH3 is 1. The lowest BCUT2D eigenvalue weighted by Crippen LogP contribution is -2.34. The lowest BCUT2D eigenvalue weighted by molar-refractivity contribution is 0.0674. The molecule has 0 atom stereocenters. The van der Waals surface area contributed by atoms with Crippen molar-refractivity contribution in [2.75, 3.05) is 33.4 Å². The maximum absolute atomic E-state index is 13.3. The number of carbonyl (C=O) groups is 1. The summed E-state index contributed by atoms with van der Waals surface area (Å²) >= 11 is 6.12. The van der Waals surface area contributed by atoms with Gasteiger partial charge in [-0.1, -0.05) is 22.9 Å². The second kappa shape index (κ2) is 9.25. The smallest absolute Gasteiger partial charge is 0.276 e. The van der Waals surface area contributed by atoms with Crippen molar-refractivity contribution in [2.45, 2.75) is 25.4 Å². The van der Waals surface area contributed by atoms with Crippen LogP contribution in [0.3, 0.4) is 0 Å². The molecule has 9 heteroatoms. The van der Waals surface area contributed by atoms with Gasteiger partial charge in [-0.05, 0) is 43.6 Å². The van der Waals surface area contributed by atoms with E-state index in [0.717, 1.165) is 25.9 Å². The van der Waals surface area contributed by atoms with E-state index in [1.54, 1.807) is 29.0 Å². The van der Waals surface area contributed by atoms with Crippen LogP contribution in [-0.2, 0) is 11.3 Å². The average Bonchev–Trinajstić information content (AvgIpc) is 3.17. The molecule has 2 aromatic rings. The highest BCUT2D eigenvalue weighted by molar-refractivity contribution is 6.31. The lowest BCUT2D eigenvalue weighted by atomic mass is 10.1. The molecule has 0 bridgehead atoms. The van der Waals surface area contributed by atoms with E-state index < -0.39 is 5.82 Å². The van der Waals surface area contributed by atoms with Gasteiger partial charge in [0.05, 0.1) is 18.8 Å². The molecule has 0 unspecified atom stereocenters. The highest BCUT2D eigenvalue weighted by atomic mass is 35.5. The fourth-order valence-electron chi connectivity index (χ4n) is 3.10. The van der Waals surface area contributed by atoms with Gasteiger partial charge in [0, 0.05) is 25.2 Å². The van der Waals surface area contributed by atoms with Crippen LogP contribution >= 0.6 is 11.6 Å². The van der Waals surface area contributed by atoms with Gasteiger partial charge in [-0.25, -0.2) is 9.07 Å². The number of benzene rings is 1. The van der Waals surface area contributed by atoms with Crippen LogP contribution in [0.15, 0.2) is 24.4 Å². The SMILES string of the molecule is COCCN(Cc1ccc(F)cc1Cl)C(=O)c1cn(C2CCNCC2)nn1. The van der Waals surface area contributed by atoms with Gasteiger partial charge in [-0.3, -0.25) is 4.79 Å². The van der Waals surface area contributed by atoms with Crippen LogP contribution in [-0.4, -0.2) is 59.2 Å². The number of hydrogen-bond acceptors (Lipinski definition) is 5. The Morgan fingerprint density at radius 1 is 1.44 bits per heavy atom. The number of piperidine rings is 1. The molecule has 0 spiro atoms. The zero-order valence-electron chi connectivity index (χ0n) is 15.2. The number of rotatable bonds is 7. The van der Waals surface area contributed by atoms with Crippen LogP contribution in [0.1, 0.15) is 34.9 Å². The summed E-state index contributed by atoms with van der Waals surface area (Å²) in [7, 11) is 1.57. The Kier molecular flexibility index (Phi) is 6.76. The van der Waals surface area contributed by atoms with Crippen molar-refractivity contribution in [1.82, 2.24) is 25.2 Å². The van der Waals surface area contributed by atoms with Gasteiger partial charge in [-0.2, -0.15) is 0 Å². The number of nitrogens with zero attached hydrogens (tertiary/aromatic N) is 4. The summed E-state index contributed by atoms with van der Waals surface area (Å²) in [6.45, 7) is 2.82. The Morgan fingerprint density at radius 3 is 2.93 bits per heavy atom. The van der Waals surface area contributed by atoms with Crippen LogP contribution in [0.4, 0.5) is 4.39 Å². The molecule has 7 nitrogen and oxygen atoms in total. The largest absolute Gasteiger partial charge is 0.383 e. The Hall–Kier alpha value is -2.03. The fraction of sp³-hybridized carbons (Fsp3) is 0.500. The first kappa shape index (κ1) is 19.7. The van der Waals surface area contributed by atoms with Crippen LogP contribution in [0.25, 0.3) is 0 Å². The summed E-state index contributed by atoms with van der Waals surface area (Å²) in [6, 6.07) is 4.40. The second-order valence-corrected chi connectivity index (χ2v) is 6.93. The Morgan fingerprint density at radius 2 is 2.22 bits per heavy atom. The molecule has 1 aromatic heterocycles. The number of ether oxygens (including phenoxy) is 1. The summed E-state index contributed by atoms with van der Waals surface area (Å²) in [4.78, 5) is 14.5. The first-order valence-corrected chi connectivity index (χ1v) is 9.31. The van der Waals surface area contributed by atoms with Gasteiger partial charge >= 0.3 is 0 Å². The third-order valence-corrected chi connectivity index (χ3v) is 4.99. The Balaban J connectivity index is 1.75. The van der Waals surface area contributed by atoms with Gasteiger partial charge in [-0.15, -0.1) is 5.10 Å². The minimum absolute atomic E-state index is 0.238. The summed E-state index contributed by atoms with van der Waals surface area (Å²) in [5.41, 5.74) is 0.941. The zero-order chi connectivity index (χ0) is 19.2. The molecule has 27 heavy (non-hydrogen) atoms. The lowest BCUT2D eigenvalue weighted by Gasteiger charge is -2.23. The first-order chi connectivity index (χ1) is 13.1.